The number of hydrogen-bond donors (Lipinski definition) is 2. The standard InChI is InChI=1S/C12H15Cl2NO/c13-10-5-9(6-11(14)12(10)16)15-7-8-3-1-2-4-8/h5-6,8,15-16H,1-4,7H2. The molecule has 0 heterocycles. The average molecular weight is 260 g/mol. The van der Waals surface area contributed by atoms with E-state index in [0.717, 1.165) is 18.2 Å². The highest BCUT2D eigenvalue weighted by atomic mass is 35.5. The van der Waals surface area contributed by atoms with Crippen molar-refractivity contribution in [2.45, 2.75) is 25.7 Å². The smallest absolute Gasteiger partial charge is 0.152 e. The zero-order chi connectivity index (χ0) is 11.5. The third-order valence-electron chi connectivity index (χ3n) is 3.09. The zero-order valence-electron chi connectivity index (χ0n) is 8.97. The maximum absolute atomic E-state index is 9.42. The minimum atomic E-state index is -0.0465. The first kappa shape index (κ1) is 11.9. The van der Waals surface area contributed by atoms with Gasteiger partial charge in [-0.25, -0.2) is 0 Å². The number of phenolic OH excluding ortho intramolecular Hbond substituents is 1. The molecule has 0 spiro atoms. The number of hydrogen-bond acceptors (Lipinski definition) is 2. The Hall–Kier alpha value is -0.600. The molecule has 0 saturated heterocycles. The van der Waals surface area contributed by atoms with Gasteiger partial charge in [0, 0.05) is 12.2 Å². The van der Waals surface area contributed by atoms with Crippen LogP contribution in [0.1, 0.15) is 25.7 Å². The van der Waals surface area contributed by atoms with Gasteiger partial charge < -0.3 is 10.4 Å². The summed E-state index contributed by atoms with van der Waals surface area (Å²) in [6.45, 7) is 0.956. The fraction of sp³-hybridized carbons (Fsp3) is 0.500. The van der Waals surface area contributed by atoms with Crippen molar-refractivity contribution >= 4 is 28.9 Å². The summed E-state index contributed by atoms with van der Waals surface area (Å²) in [5, 5.41) is 13.3. The van der Waals surface area contributed by atoms with Gasteiger partial charge in [-0.3, -0.25) is 0 Å². The van der Waals surface area contributed by atoms with Crippen LogP contribution in [-0.2, 0) is 0 Å². The molecule has 2 nitrogen and oxygen atoms in total. The van der Waals surface area contributed by atoms with E-state index in [-0.39, 0.29) is 5.75 Å². The number of benzene rings is 1. The predicted octanol–water partition coefficient (Wildman–Crippen LogP) is 4.30. The molecule has 0 aromatic heterocycles. The van der Waals surface area contributed by atoms with Crippen LogP contribution in [0, 0.1) is 5.92 Å². The first-order chi connectivity index (χ1) is 7.66. The van der Waals surface area contributed by atoms with E-state index in [1.54, 1.807) is 12.1 Å². The quantitative estimate of drug-likeness (QED) is 0.794. The molecule has 0 bridgehead atoms. The van der Waals surface area contributed by atoms with E-state index in [4.69, 9.17) is 23.2 Å². The summed E-state index contributed by atoms with van der Waals surface area (Å²) in [4.78, 5) is 0. The van der Waals surface area contributed by atoms with E-state index in [9.17, 15) is 5.11 Å². The number of rotatable bonds is 3. The second-order valence-corrected chi connectivity index (χ2v) is 5.13. The van der Waals surface area contributed by atoms with Gasteiger partial charge in [0.15, 0.2) is 5.75 Å². The summed E-state index contributed by atoms with van der Waals surface area (Å²) in [6.07, 6.45) is 5.27. The molecule has 88 valence electrons. The van der Waals surface area contributed by atoms with Crippen molar-refractivity contribution < 1.29 is 5.11 Å². The fourth-order valence-electron chi connectivity index (χ4n) is 2.14. The van der Waals surface area contributed by atoms with Crippen molar-refractivity contribution in [3.05, 3.63) is 22.2 Å². The highest BCUT2D eigenvalue weighted by molar-refractivity contribution is 6.37. The monoisotopic (exact) mass is 259 g/mol. The van der Waals surface area contributed by atoms with E-state index in [1.165, 1.54) is 25.7 Å². The Balaban J connectivity index is 1.98. The molecule has 0 radical (unpaired) electrons. The van der Waals surface area contributed by atoms with Gasteiger partial charge in [-0.05, 0) is 30.9 Å². The Morgan fingerprint density at radius 3 is 2.31 bits per heavy atom. The maximum atomic E-state index is 9.42. The molecule has 0 unspecified atom stereocenters. The SMILES string of the molecule is Oc1c(Cl)cc(NCC2CCCC2)cc1Cl. The molecule has 2 rings (SSSR count). The minimum absolute atomic E-state index is 0.0465. The molecule has 4 heteroatoms. The lowest BCUT2D eigenvalue weighted by Gasteiger charge is -2.12. The van der Waals surface area contributed by atoms with Crippen LogP contribution in [0.2, 0.25) is 10.0 Å². The lowest BCUT2D eigenvalue weighted by Crippen LogP contribution is -2.10. The topological polar surface area (TPSA) is 32.3 Å². The third-order valence-corrected chi connectivity index (χ3v) is 3.66. The van der Waals surface area contributed by atoms with Gasteiger partial charge >= 0.3 is 0 Å². The number of halogens is 2. The molecule has 0 atom stereocenters. The highest BCUT2D eigenvalue weighted by Gasteiger charge is 2.15. The summed E-state index contributed by atoms with van der Waals surface area (Å²) >= 11 is 11.7. The maximum Gasteiger partial charge on any atom is 0.152 e. The van der Waals surface area contributed by atoms with E-state index in [1.807, 2.05) is 0 Å². The Bertz CT molecular complexity index is 352. The van der Waals surface area contributed by atoms with Crippen LogP contribution < -0.4 is 5.32 Å². The number of anilines is 1. The summed E-state index contributed by atoms with van der Waals surface area (Å²) in [5.41, 5.74) is 0.875. The van der Waals surface area contributed by atoms with E-state index in [0.29, 0.717) is 10.0 Å². The van der Waals surface area contributed by atoms with Crippen LogP contribution in [0.25, 0.3) is 0 Å². The van der Waals surface area contributed by atoms with Gasteiger partial charge in [0.25, 0.3) is 0 Å². The van der Waals surface area contributed by atoms with Crippen LogP contribution in [0.3, 0.4) is 0 Å². The lowest BCUT2D eigenvalue weighted by molar-refractivity contribution is 0.476. The minimum Gasteiger partial charge on any atom is -0.505 e. The van der Waals surface area contributed by atoms with Gasteiger partial charge in [0.2, 0.25) is 0 Å². The molecule has 1 aliphatic rings. The molecule has 1 saturated carbocycles. The molecule has 1 fully saturated rings. The van der Waals surface area contributed by atoms with E-state index < -0.39 is 0 Å². The molecule has 1 aliphatic carbocycles. The zero-order valence-corrected chi connectivity index (χ0v) is 10.5. The number of phenols is 1. The summed E-state index contributed by atoms with van der Waals surface area (Å²) in [5.74, 6) is 0.709. The highest BCUT2D eigenvalue weighted by Crippen LogP contribution is 2.35. The van der Waals surface area contributed by atoms with Gasteiger partial charge in [0.1, 0.15) is 0 Å². The fourth-order valence-corrected chi connectivity index (χ4v) is 2.63. The second-order valence-electron chi connectivity index (χ2n) is 4.32. The van der Waals surface area contributed by atoms with Gasteiger partial charge in [-0.15, -0.1) is 0 Å². The van der Waals surface area contributed by atoms with E-state index >= 15 is 0 Å². The van der Waals surface area contributed by atoms with Crippen LogP contribution in [0.5, 0.6) is 5.75 Å². The first-order valence-electron chi connectivity index (χ1n) is 5.58. The molecular weight excluding hydrogens is 245 g/mol. The van der Waals surface area contributed by atoms with Crippen LogP contribution in [0.4, 0.5) is 5.69 Å². The molecule has 0 amide bonds. The summed E-state index contributed by atoms with van der Waals surface area (Å²) < 4.78 is 0. The Morgan fingerprint density at radius 2 is 1.75 bits per heavy atom. The van der Waals surface area contributed by atoms with Crippen LogP contribution in [-0.4, -0.2) is 11.7 Å². The predicted molar refractivity (Wildman–Crippen MR) is 68.6 cm³/mol. The van der Waals surface area contributed by atoms with Crippen molar-refractivity contribution in [3.63, 3.8) is 0 Å². The molecule has 1 aromatic rings. The largest absolute Gasteiger partial charge is 0.505 e. The Kier molecular flexibility index (Phi) is 3.82. The van der Waals surface area contributed by atoms with E-state index in [2.05, 4.69) is 5.32 Å². The summed E-state index contributed by atoms with van der Waals surface area (Å²) in [7, 11) is 0. The molecule has 0 aliphatic heterocycles. The number of nitrogens with one attached hydrogen (secondary N) is 1. The Labute approximate surface area is 106 Å². The van der Waals surface area contributed by atoms with Gasteiger partial charge in [-0.1, -0.05) is 36.0 Å². The molecular formula is C12H15Cl2NO. The van der Waals surface area contributed by atoms with Crippen molar-refractivity contribution in [2.24, 2.45) is 5.92 Å². The molecule has 16 heavy (non-hydrogen) atoms. The van der Waals surface area contributed by atoms with Crippen molar-refractivity contribution in [1.29, 1.82) is 0 Å². The lowest BCUT2D eigenvalue weighted by atomic mass is 10.1. The van der Waals surface area contributed by atoms with Crippen molar-refractivity contribution in [2.75, 3.05) is 11.9 Å². The van der Waals surface area contributed by atoms with Gasteiger partial charge in [-0.2, -0.15) is 0 Å². The number of aromatic hydroxyl groups is 1. The van der Waals surface area contributed by atoms with Crippen LogP contribution in [0.15, 0.2) is 12.1 Å². The first-order valence-corrected chi connectivity index (χ1v) is 6.34. The van der Waals surface area contributed by atoms with Crippen LogP contribution >= 0.6 is 23.2 Å². The van der Waals surface area contributed by atoms with Gasteiger partial charge in [0.05, 0.1) is 10.0 Å². The molecule has 2 N–H and O–H groups in total. The molecule has 1 aromatic carbocycles. The summed E-state index contributed by atoms with van der Waals surface area (Å²) in [6, 6.07) is 3.41. The van der Waals surface area contributed by atoms with Crippen molar-refractivity contribution in [1.82, 2.24) is 0 Å². The van der Waals surface area contributed by atoms with Crippen molar-refractivity contribution in [3.8, 4) is 5.75 Å². The average Bonchev–Trinajstić information content (AvgIpc) is 2.75. The Morgan fingerprint density at radius 1 is 1.19 bits per heavy atom. The third kappa shape index (κ3) is 2.74. The normalized spacial score (nSPS) is 16.6. The second kappa shape index (κ2) is 5.15.